The number of rotatable bonds is 11. The third kappa shape index (κ3) is 6.64. The molecule has 0 aliphatic heterocycles. The molecule has 0 aliphatic carbocycles. The van der Waals surface area contributed by atoms with Gasteiger partial charge in [-0.1, -0.05) is 98.7 Å². The topological polar surface area (TPSA) is 15.3 Å². The first-order chi connectivity index (χ1) is 19.0. The number of thiophene rings is 1. The van der Waals surface area contributed by atoms with Gasteiger partial charge in [0.15, 0.2) is 0 Å². The Labute approximate surface area is 236 Å². The number of benzene rings is 3. The smallest absolute Gasteiger partial charge is 0.0640 e. The van der Waals surface area contributed by atoms with Crippen molar-refractivity contribution in [2.45, 2.75) is 13.8 Å². The zero-order valence-corrected chi connectivity index (χ0v) is 23.4. The average Bonchev–Trinajstić information content (AvgIpc) is 3.30. The van der Waals surface area contributed by atoms with Crippen LogP contribution in [0.3, 0.4) is 0 Å². The summed E-state index contributed by atoms with van der Waals surface area (Å²) in [6.07, 6.45) is 17.5. The van der Waals surface area contributed by atoms with Gasteiger partial charge in [-0.2, -0.15) is 0 Å². The second kappa shape index (κ2) is 13.3. The van der Waals surface area contributed by atoms with E-state index < -0.39 is 0 Å². The van der Waals surface area contributed by atoms with E-state index in [-0.39, 0.29) is 0 Å². The Bertz CT molecular complexity index is 1600. The summed E-state index contributed by atoms with van der Waals surface area (Å²) in [5.41, 5.74) is 7.69. The van der Waals surface area contributed by atoms with E-state index in [0.717, 1.165) is 33.9 Å². The molecule has 0 saturated carbocycles. The molecule has 2 nitrogen and oxygen atoms in total. The number of nitrogens with one attached hydrogen (secondary N) is 1. The Balaban J connectivity index is 1.61. The molecule has 0 amide bonds. The highest BCUT2D eigenvalue weighted by Crippen LogP contribution is 2.44. The summed E-state index contributed by atoms with van der Waals surface area (Å²) in [6.45, 7) is 16.1. The van der Waals surface area contributed by atoms with Crippen molar-refractivity contribution in [1.82, 2.24) is 0 Å². The fourth-order valence-corrected chi connectivity index (χ4v) is 5.41. The molecule has 3 heteroatoms. The average molecular weight is 527 g/mol. The van der Waals surface area contributed by atoms with Gasteiger partial charge in [-0.15, -0.1) is 11.3 Å². The standard InChI is InChI=1S/C36H34N2S/c1-6-8-10-17-27(3)28(4)18-13-14-25-37-30-19-15-22-32(26-30)38(31-20-11-9-12-21-31)34-24-16-23-33-29(5)35(7-2)39-36(33)34/h6-26,37H,1-2,4H2,3,5H3/b10-8-,18-13-,25-14-,27-17+. The largest absolute Gasteiger partial charge is 0.362 e. The molecule has 1 aromatic heterocycles. The highest BCUT2D eigenvalue weighted by Gasteiger charge is 2.18. The summed E-state index contributed by atoms with van der Waals surface area (Å²) in [4.78, 5) is 3.53. The molecular formula is C36H34N2S. The molecule has 0 radical (unpaired) electrons. The van der Waals surface area contributed by atoms with Gasteiger partial charge in [-0.05, 0) is 78.4 Å². The molecule has 39 heavy (non-hydrogen) atoms. The minimum absolute atomic E-state index is 0.964. The van der Waals surface area contributed by atoms with E-state index in [4.69, 9.17) is 0 Å². The van der Waals surface area contributed by atoms with Crippen LogP contribution >= 0.6 is 11.3 Å². The normalized spacial score (nSPS) is 12.0. The lowest BCUT2D eigenvalue weighted by Crippen LogP contribution is -2.10. The Morgan fingerprint density at radius 1 is 0.872 bits per heavy atom. The van der Waals surface area contributed by atoms with Crippen molar-refractivity contribution < 1.29 is 0 Å². The lowest BCUT2D eigenvalue weighted by molar-refractivity contribution is 1.30. The van der Waals surface area contributed by atoms with Crippen molar-refractivity contribution in [3.8, 4) is 0 Å². The van der Waals surface area contributed by atoms with E-state index in [0.29, 0.717) is 0 Å². The van der Waals surface area contributed by atoms with E-state index in [9.17, 15) is 0 Å². The van der Waals surface area contributed by atoms with Crippen LogP contribution in [0.4, 0.5) is 22.7 Å². The number of nitrogens with zero attached hydrogens (tertiary/aromatic N) is 1. The number of allylic oxidation sites excluding steroid dienone is 9. The molecule has 0 unspecified atom stereocenters. The maximum absolute atomic E-state index is 4.13. The Morgan fingerprint density at radius 2 is 1.64 bits per heavy atom. The van der Waals surface area contributed by atoms with Crippen LogP contribution in [0.15, 0.2) is 152 Å². The summed E-state index contributed by atoms with van der Waals surface area (Å²) >= 11 is 1.79. The van der Waals surface area contributed by atoms with Gasteiger partial charge in [0.1, 0.15) is 0 Å². The molecule has 3 aromatic carbocycles. The minimum Gasteiger partial charge on any atom is -0.362 e. The van der Waals surface area contributed by atoms with Gasteiger partial charge in [0, 0.05) is 28.1 Å². The molecule has 4 rings (SSSR count). The molecule has 0 saturated heterocycles. The highest BCUT2D eigenvalue weighted by atomic mass is 32.1. The predicted octanol–water partition coefficient (Wildman–Crippen LogP) is 11.0. The minimum atomic E-state index is 0.964. The van der Waals surface area contributed by atoms with Crippen LogP contribution in [0.25, 0.3) is 16.2 Å². The first kappa shape index (κ1) is 27.4. The molecular weight excluding hydrogens is 492 g/mol. The van der Waals surface area contributed by atoms with Crippen LogP contribution in [0, 0.1) is 6.92 Å². The number of fused-ring (bicyclic) bond motifs is 1. The molecule has 0 atom stereocenters. The van der Waals surface area contributed by atoms with Crippen LogP contribution in [-0.2, 0) is 0 Å². The zero-order valence-electron chi connectivity index (χ0n) is 22.6. The van der Waals surface area contributed by atoms with Gasteiger partial charge < -0.3 is 10.2 Å². The van der Waals surface area contributed by atoms with E-state index in [1.807, 2.05) is 61.7 Å². The number of hydrogen-bond acceptors (Lipinski definition) is 3. The Hall–Kier alpha value is -4.60. The van der Waals surface area contributed by atoms with E-state index >= 15 is 0 Å². The van der Waals surface area contributed by atoms with Gasteiger partial charge in [-0.3, -0.25) is 0 Å². The van der Waals surface area contributed by atoms with Crippen molar-refractivity contribution in [2.24, 2.45) is 0 Å². The maximum Gasteiger partial charge on any atom is 0.0640 e. The molecule has 1 heterocycles. The van der Waals surface area contributed by atoms with Crippen LogP contribution in [0.1, 0.15) is 17.4 Å². The monoisotopic (exact) mass is 526 g/mol. The molecule has 0 spiro atoms. The molecule has 194 valence electrons. The summed E-state index contributed by atoms with van der Waals surface area (Å²) in [7, 11) is 0. The fraction of sp³-hybridized carbons (Fsp3) is 0.0556. The van der Waals surface area contributed by atoms with Gasteiger partial charge in [-0.25, -0.2) is 0 Å². The number of hydrogen-bond donors (Lipinski definition) is 1. The third-order valence-corrected chi connectivity index (χ3v) is 7.71. The first-order valence-corrected chi connectivity index (χ1v) is 13.7. The molecule has 1 N–H and O–H groups in total. The highest BCUT2D eigenvalue weighted by molar-refractivity contribution is 7.20. The first-order valence-electron chi connectivity index (χ1n) is 12.9. The summed E-state index contributed by atoms with van der Waals surface area (Å²) in [5, 5.41) is 4.68. The Morgan fingerprint density at radius 3 is 2.41 bits per heavy atom. The lowest BCUT2D eigenvalue weighted by atomic mass is 10.1. The second-order valence-corrected chi connectivity index (χ2v) is 10.1. The van der Waals surface area contributed by atoms with E-state index in [1.165, 1.54) is 20.5 Å². The maximum atomic E-state index is 4.13. The number of aryl methyl sites for hydroxylation is 1. The van der Waals surface area contributed by atoms with E-state index in [1.54, 1.807) is 17.4 Å². The fourth-order valence-electron chi connectivity index (χ4n) is 4.25. The van der Waals surface area contributed by atoms with Gasteiger partial charge in [0.25, 0.3) is 0 Å². The van der Waals surface area contributed by atoms with Crippen LogP contribution in [-0.4, -0.2) is 0 Å². The van der Waals surface area contributed by atoms with Crippen molar-refractivity contribution in [2.75, 3.05) is 10.2 Å². The second-order valence-electron chi connectivity index (χ2n) is 9.03. The zero-order chi connectivity index (χ0) is 27.6. The SMILES string of the molecule is C=C/C=C\C=C(/C)C(=C)/C=C\C=C/Nc1cccc(N(c2ccccc2)c2cccc3c(C)c(C=C)sc23)c1. The van der Waals surface area contributed by atoms with Crippen molar-refractivity contribution in [1.29, 1.82) is 0 Å². The van der Waals surface area contributed by atoms with Gasteiger partial charge in [0.2, 0.25) is 0 Å². The van der Waals surface area contributed by atoms with Gasteiger partial charge >= 0.3 is 0 Å². The number of anilines is 4. The third-order valence-electron chi connectivity index (χ3n) is 6.38. The number of para-hydroxylation sites is 1. The quantitative estimate of drug-likeness (QED) is 0.196. The molecule has 0 fully saturated rings. The van der Waals surface area contributed by atoms with Crippen molar-refractivity contribution in [3.63, 3.8) is 0 Å². The summed E-state index contributed by atoms with van der Waals surface area (Å²) < 4.78 is 1.25. The summed E-state index contributed by atoms with van der Waals surface area (Å²) in [6, 6.07) is 25.5. The van der Waals surface area contributed by atoms with Crippen LogP contribution < -0.4 is 10.2 Å². The molecule has 4 aromatic rings. The molecule has 0 bridgehead atoms. The van der Waals surface area contributed by atoms with E-state index in [2.05, 4.69) is 104 Å². The predicted molar refractivity (Wildman–Crippen MR) is 175 cm³/mol. The van der Waals surface area contributed by atoms with Crippen molar-refractivity contribution >= 4 is 50.2 Å². The van der Waals surface area contributed by atoms with Gasteiger partial charge in [0.05, 0.1) is 10.4 Å². The summed E-state index contributed by atoms with van der Waals surface area (Å²) in [5.74, 6) is 0. The van der Waals surface area contributed by atoms with Crippen LogP contribution in [0.5, 0.6) is 0 Å². The van der Waals surface area contributed by atoms with Crippen molar-refractivity contribution in [3.05, 3.63) is 163 Å². The molecule has 0 aliphatic rings. The Kier molecular flexibility index (Phi) is 9.34. The van der Waals surface area contributed by atoms with Crippen LogP contribution in [0.2, 0.25) is 0 Å². The lowest BCUT2D eigenvalue weighted by Gasteiger charge is -2.26.